The fraction of sp³-hybridized carbons (Fsp3) is 0.286. The van der Waals surface area contributed by atoms with Crippen molar-refractivity contribution in [1.82, 2.24) is 5.32 Å². The molecule has 4 heteroatoms. The first-order valence-corrected chi connectivity index (χ1v) is 6.39. The van der Waals surface area contributed by atoms with Gasteiger partial charge >= 0.3 is 0 Å². The summed E-state index contributed by atoms with van der Waals surface area (Å²) in [6.45, 7) is 2.00. The summed E-state index contributed by atoms with van der Waals surface area (Å²) in [6.07, 6.45) is 0.944. The molecular weight excluding hydrogens is 246 g/mol. The predicted molar refractivity (Wildman–Crippen MR) is 72.8 cm³/mol. The number of hydrogen-bond donors (Lipinski definition) is 1. The molecule has 0 aliphatic carbocycles. The zero-order valence-electron chi connectivity index (χ0n) is 9.97. The number of carbonyl (C=O) groups excluding carboxylic acids is 1. The molecule has 2 unspecified atom stereocenters. The first-order chi connectivity index (χ1) is 8.66. The molecule has 1 aromatic carbocycles. The number of ether oxygens (including phenoxy) is 1. The van der Waals surface area contributed by atoms with Crippen LogP contribution in [0.5, 0.6) is 0 Å². The molecule has 2 atom stereocenters. The Hall–Kier alpha value is -1.68. The lowest BCUT2D eigenvalue weighted by Crippen LogP contribution is -2.39. The van der Waals surface area contributed by atoms with Crippen molar-refractivity contribution < 1.29 is 9.53 Å². The summed E-state index contributed by atoms with van der Waals surface area (Å²) >= 11 is 5.23. The Kier molecular flexibility index (Phi) is 2.67. The second-order valence-electron chi connectivity index (χ2n) is 4.64. The average molecular weight is 259 g/mol. The Balaban J connectivity index is 2.15. The third kappa shape index (κ3) is 1.73. The van der Waals surface area contributed by atoms with Crippen LogP contribution < -0.4 is 5.32 Å². The van der Waals surface area contributed by atoms with Gasteiger partial charge in [0, 0.05) is 6.42 Å². The van der Waals surface area contributed by atoms with Crippen LogP contribution in [0.4, 0.5) is 0 Å². The first kappa shape index (κ1) is 11.4. The maximum Gasteiger partial charge on any atom is 0.260 e. The third-order valence-corrected chi connectivity index (χ3v) is 3.69. The molecule has 1 fully saturated rings. The number of carbonyl (C=O) groups is 1. The summed E-state index contributed by atoms with van der Waals surface area (Å²) in [5, 5.41) is 2.77. The molecule has 1 aromatic rings. The SMILES string of the molecule is CC1CC2C(=S)NC(=O)C(c3ccccc3)=C2O1. The minimum absolute atomic E-state index is 0.0444. The molecule has 0 spiro atoms. The number of amides is 1. The van der Waals surface area contributed by atoms with E-state index in [2.05, 4.69) is 5.32 Å². The highest BCUT2D eigenvalue weighted by molar-refractivity contribution is 7.80. The second-order valence-corrected chi connectivity index (χ2v) is 5.08. The molecular formula is C14H13NO2S. The van der Waals surface area contributed by atoms with E-state index in [0.717, 1.165) is 17.7 Å². The molecule has 0 radical (unpaired) electrons. The standard InChI is InChI=1S/C14H13NO2S/c1-8-7-10-12(17-8)11(13(16)15-14(10)18)9-5-3-2-4-6-9/h2-6,8,10H,7H2,1H3,(H,15,16,18). The minimum atomic E-state index is -0.161. The van der Waals surface area contributed by atoms with E-state index in [1.165, 1.54) is 0 Å². The van der Waals surface area contributed by atoms with Crippen LogP contribution in [0.15, 0.2) is 36.1 Å². The molecule has 2 aliphatic heterocycles. The molecule has 3 nitrogen and oxygen atoms in total. The van der Waals surface area contributed by atoms with Crippen LogP contribution in [0.3, 0.4) is 0 Å². The van der Waals surface area contributed by atoms with Gasteiger partial charge in [-0.3, -0.25) is 4.79 Å². The molecule has 0 saturated carbocycles. The number of benzene rings is 1. The molecule has 18 heavy (non-hydrogen) atoms. The fourth-order valence-electron chi connectivity index (χ4n) is 2.50. The van der Waals surface area contributed by atoms with Gasteiger partial charge in [-0.15, -0.1) is 0 Å². The van der Waals surface area contributed by atoms with Crippen LogP contribution in [0.2, 0.25) is 0 Å². The average Bonchev–Trinajstić information content (AvgIpc) is 2.72. The van der Waals surface area contributed by atoms with Gasteiger partial charge in [-0.05, 0) is 12.5 Å². The first-order valence-electron chi connectivity index (χ1n) is 5.98. The van der Waals surface area contributed by atoms with Gasteiger partial charge in [-0.1, -0.05) is 42.5 Å². The number of nitrogens with one attached hydrogen (secondary N) is 1. The maximum absolute atomic E-state index is 12.1. The molecule has 1 N–H and O–H groups in total. The topological polar surface area (TPSA) is 38.3 Å². The zero-order valence-corrected chi connectivity index (χ0v) is 10.8. The second kappa shape index (κ2) is 4.21. The van der Waals surface area contributed by atoms with Crippen molar-refractivity contribution in [3.05, 3.63) is 41.7 Å². The molecule has 0 bridgehead atoms. The lowest BCUT2D eigenvalue weighted by atomic mass is 9.92. The predicted octanol–water partition coefficient (Wildman–Crippen LogP) is 2.28. The largest absolute Gasteiger partial charge is 0.493 e. The summed E-state index contributed by atoms with van der Waals surface area (Å²) in [4.78, 5) is 12.7. The number of fused-ring (bicyclic) bond motifs is 1. The summed E-state index contributed by atoms with van der Waals surface area (Å²) in [6, 6.07) is 9.59. The molecule has 2 heterocycles. The highest BCUT2D eigenvalue weighted by Crippen LogP contribution is 2.38. The van der Waals surface area contributed by atoms with Crippen molar-refractivity contribution in [1.29, 1.82) is 0 Å². The summed E-state index contributed by atoms with van der Waals surface area (Å²) in [5.41, 5.74) is 1.50. The van der Waals surface area contributed by atoms with E-state index >= 15 is 0 Å². The Morgan fingerprint density at radius 3 is 2.78 bits per heavy atom. The smallest absolute Gasteiger partial charge is 0.260 e. The van der Waals surface area contributed by atoms with Crippen LogP contribution in [0, 0.1) is 5.92 Å². The van der Waals surface area contributed by atoms with E-state index in [-0.39, 0.29) is 17.9 Å². The maximum atomic E-state index is 12.1. The van der Waals surface area contributed by atoms with Gasteiger partial charge in [0.1, 0.15) is 5.76 Å². The van der Waals surface area contributed by atoms with E-state index in [9.17, 15) is 4.79 Å². The van der Waals surface area contributed by atoms with Crippen LogP contribution in [0.25, 0.3) is 5.57 Å². The Bertz CT molecular complexity index is 550. The van der Waals surface area contributed by atoms with E-state index < -0.39 is 0 Å². The van der Waals surface area contributed by atoms with Crippen LogP contribution in [-0.2, 0) is 9.53 Å². The Morgan fingerprint density at radius 2 is 2.06 bits per heavy atom. The van der Waals surface area contributed by atoms with Crippen molar-refractivity contribution in [2.75, 3.05) is 0 Å². The molecule has 1 saturated heterocycles. The monoisotopic (exact) mass is 259 g/mol. The van der Waals surface area contributed by atoms with Crippen molar-refractivity contribution in [3.63, 3.8) is 0 Å². The van der Waals surface area contributed by atoms with Crippen molar-refractivity contribution in [2.24, 2.45) is 5.92 Å². The van der Waals surface area contributed by atoms with Gasteiger partial charge in [0.2, 0.25) is 0 Å². The molecule has 3 rings (SSSR count). The van der Waals surface area contributed by atoms with E-state index in [1.807, 2.05) is 37.3 Å². The van der Waals surface area contributed by atoms with Crippen molar-refractivity contribution in [2.45, 2.75) is 19.4 Å². The summed E-state index contributed by atoms with van der Waals surface area (Å²) < 4.78 is 5.80. The number of hydrogen-bond acceptors (Lipinski definition) is 3. The van der Waals surface area contributed by atoms with E-state index in [0.29, 0.717) is 10.6 Å². The van der Waals surface area contributed by atoms with Gasteiger partial charge in [0.15, 0.2) is 0 Å². The molecule has 1 amide bonds. The van der Waals surface area contributed by atoms with Crippen molar-refractivity contribution >= 4 is 28.7 Å². The Morgan fingerprint density at radius 1 is 1.33 bits per heavy atom. The van der Waals surface area contributed by atoms with Crippen LogP contribution in [0.1, 0.15) is 18.9 Å². The third-order valence-electron chi connectivity index (χ3n) is 3.30. The van der Waals surface area contributed by atoms with Crippen LogP contribution >= 0.6 is 12.2 Å². The van der Waals surface area contributed by atoms with Gasteiger partial charge in [-0.25, -0.2) is 0 Å². The number of rotatable bonds is 1. The van der Waals surface area contributed by atoms with Gasteiger partial charge < -0.3 is 10.1 Å². The molecule has 2 aliphatic rings. The van der Waals surface area contributed by atoms with Gasteiger partial charge in [0.25, 0.3) is 5.91 Å². The minimum Gasteiger partial charge on any atom is -0.493 e. The van der Waals surface area contributed by atoms with E-state index in [4.69, 9.17) is 17.0 Å². The Labute approximate surface area is 111 Å². The quantitative estimate of drug-likeness (QED) is 0.786. The van der Waals surface area contributed by atoms with Gasteiger partial charge in [0.05, 0.1) is 22.6 Å². The lowest BCUT2D eigenvalue weighted by Gasteiger charge is -2.22. The summed E-state index contributed by atoms with van der Waals surface area (Å²) in [5.74, 6) is 0.622. The number of thiocarbonyl (C=S) groups is 1. The normalized spacial score (nSPS) is 26.7. The molecule has 0 aromatic heterocycles. The fourth-order valence-corrected chi connectivity index (χ4v) is 2.79. The zero-order chi connectivity index (χ0) is 12.7. The highest BCUT2D eigenvalue weighted by Gasteiger charge is 2.40. The molecule has 92 valence electrons. The highest BCUT2D eigenvalue weighted by atomic mass is 32.1. The lowest BCUT2D eigenvalue weighted by molar-refractivity contribution is -0.114. The van der Waals surface area contributed by atoms with E-state index in [1.54, 1.807) is 0 Å². The van der Waals surface area contributed by atoms with Crippen molar-refractivity contribution in [3.8, 4) is 0 Å². The van der Waals surface area contributed by atoms with Gasteiger partial charge in [-0.2, -0.15) is 0 Å². The van der Waals surface area contributed by atoms with Crippen LogP contribution in [-0.4, -0.2) is 17.0 Å². The summed E-state index contributed by atoms with van der Waals surface area (Å²) in [7, 11) is 0.